The number of hydrogen-bond acceptors (Lipinski definition) is 3. The number of halogens is 2. The van der Waals surface area contributed by atoms with E-state index < -0.39 is 0 Å². The van der Waals surface area contributed by atoms with Crippen molar-refractivity contribution in [2.45, 2.75) is 31.7 Å². The molecule has 1 aliphatic heterocycles. The average Bonchev–Trinajstić information content (AvgIpc) is 2.85. The first-order valence-electron chi connectivity index (χ1n) is 7.79. The Morgan fingerprint density at radius 3 is 2.67 bits per heavy atom. The van der Waals surface area contributed by atoms with Crippen molar-refractivity contribution in [2.75, 3.05) is 12.3 Å². The standard InChI is InChI=1S/C18H19Cl2N3O/c1-18(2)13(12-5-3-4-6-14(12)19)7-8-23(18)17(24)11-9-15(20)16(21)22-10-11/h3-6,9-10,13H,7-8H2,1-2H3,(H2,21,22). The minimum Gasteiger partial charge on any atom is -0.382 e. The van der Waals surface area contributed by atoms with Gasteiger partial charge in [0.1, 0.15) is 5.82 Å². The summed E-state index contributed by atoms with van der Waals surface area (Å²) in [6.45, 7) is 4.79. The van der Waals surface area contributed by atoms with Crippen molar-refractivity contribution in [1.82, 2.24) is 9.88 Å². The van der Waals surface area contributed by atoms with Crippen LogP contribution in [0.4, 0.5) is 5.82 Å². The number of aromatic nitrogens is 1. The van der Waals surface area contributed by atoms with Crippen molar-refractivity contribution in [1.29, 1.82) is 0 Å². The molecule has 4 nitrogen and oxygen atoms in total. The van der Waals surface area contributed by atoms with E-state index in [1.165, 1.54) is 6.20 Å². The summed E-state index contributed by atoms with van der Waals surface area (Å²) in [7, 11) is 0. The van der Waals surface area contributed by atoms with Gasteiger partial charge in [0, 0.05) is 29.2 Å². The van der Waals surface area contributed by atoms with E-state index in [1.54, 1.807) is 6.07 Å². The molecule has 1 aliphatic rings. The molecule has 0 bridgehead atoms. The van der Waals surface area contributed by atoms with Gasteiger partial charge in [-0.3, -0.25) is 4.79 Å². The van der Waals surface area contributed by atoms with Crippen LogP contribution in [-0.4, -0.2) is 27.9 Å². The maximum atomic E-state index is 12.9. The van der Waals surface area contributed by atoms with Gasteiger partial charge in [-0.25, -0.2) is 4.98 Å². The lowest BCUT2D eigenvalue weighted by Gasteiger charge is -2.36. The number of nitrogens with two attached hydrogens (primary N) is 1. The molecule has 3 rings (SSSR count). The number of amides is 1. The van der Waals surface area contributed by atoms with Gasteiger partial charge < -0.3 is 10.6 Å². The van der Waals surface area contributed by atoms with Crippen molar-refractivity contribution < 1.29 is 4.79 Å². The van der Waals surface area contributed by atoms with Crippen LogP contribution in [0.1, 0.15) is 42.1 Å². The Kier molecular flexibility index (Phi) is 4.45. The van der Waals surface area contributed by atoms with Crippen LogP contribution in [0, 0.1) is 0 Å². The van der Waals surface area contributed by atoms with Gasteiger partial charge in [0.25, 0.3) is 5.91 Å². The summed E-state index contributed by atoms with van der Waals surface area (Å²) in [4.78, 5) is 18.8. The Labute approximate surface area is 151 Å². The summed E-state index contributed by atoms with van der Waals surface area (Å²) in [5.41, 5.74) is 6.79. The molecular weight excluding hydrogens is 345 g/mol. The number of carbonyl (C=O) groups is 1. The number of pyridine rings is 1. The van der Waals surface area contributed by atoms with Gasteiger partial charge in [-0.1, -0.05) is 41.4 Å². The van der Waals surface area contributed by atoms with Gasteiger partial charge in [0.05, 0.1) is 10.6 Å². The molecule has 126 valence electrons. The smallest absolute Gasteiger partial charge is 0.255 e. The lowest BCUT2D eigenvalue weighted by atomic mass is 9.82. The van der Waals surface area contributed by atoms with Crippen LogP contribution in [0.2, 0.25) is 10.0 Å². The number of benzene rings is 1. The van der Waals surface area contributed by atoms with Crippen molar-refractivity contribution in [2.24, 2.45) is 0 Å². The lowest BCUT2D eigenvalue weighted by Crippen LogP contribution is -2.45. The fourth-order valence-electron chi connectivity index (χ4n) is 3.47. The van der Waals surface area contributed by atoms with Crippen LogP contribution >= 0.6 is 23.2 Å². The quantitative estimate of drug-likeness (QED) is 0.860. The molecule has 2 aromatic rings. The number of rotatable bonds is 2. The molecular formula is C18H19Cl2N3O. The summed E-state index contributed by atoms with van der Waals surface area (Å²) in [6, 6.07) is 9.39. The van der Waals surface area contributed by atoms with E-state index in [2.05, 4.69) is 18.8 Å². The minimum absolute atomic E-state index is 0.0936. The fourth-order valence-corrected chi connectivity index (χ4v) is 3.90. The van der Waals surface area contributed by atoms with Crippen LogP contribution in [0.3, 0.4) is 0 Å². The third-order valence-electron chi connectivity index (χ3n) is 4.83. The van der Waals surface area contributed by atoms with Crippen LogP contribution in [-0.2, 0) is 0 Å². The highest BCUT2D eigenvalue weighted by Gasteiger charge is 2.45. The molecule has 1 atom stereocenters. The Morgan fingerprint density at radius 2 is 2.00 bits per heavy atom. The topological polar surface area (TPSA) is 59.2 Å². The third-order valence-corrected chi connectivity index (χ3v) is 5.48. The largest absolute Gasteiger partial charge is 0.382 e. The molecule has 1 fully saturated rings. The number of likely N-dealkylation sites (tertiary alicyclic amines) is 1. The molecule has 24 heavy (non-hydrogen) atoms. The summed E-state index contributed by atoms with van der Waals surface area (Å²) in [5.74, 6) is 0.305. The van der Waals surface area contributed by atoms with E-state index in [0.717, 1.165) is 17.0 Å². The molecule has 0 spiro atoms. The number of carbonyl (C=O) groups excluding carboxylic acids is 1. The highest BCUT2D eigenvalue weighted by atomic mass is 35.5. The summed E-state index contributed by atoms with van der Waals surface area (Å²) in [6.07, 6.45) is 2.33. The van der Waals surface area contributed by atoms with E-state index in [-0.39, 0.29) is 23.2 Å². The number of nitrogen functional groups attached to an aromatic ring is 1. The predicted octanol–water partition coefficient (Wildman–Crippen LogP) is 4.38. The summed E-state index contributed by atoms with van der Waals surface area (Å²) in [5, 5.41) is 1.03. The van der Waals surface area contributed by atoms with E-state index in [4.69, 9.17) is 28.9 Å². The molecule has 1 saturated heterocycles. The second kappa shape index (κ2) is 6.26. The van der Waals surface area contributed by atoms with Gasteiger partial charge >= 0.3 is 0 Å². The fraction of sp³-hybridized carbons (Fsp3) is 0.333. The molecule has 0 radical (unpaired) electrons. The van der Waals surface area contributed by atoms with Crippen LogP contribution in [0.25, 0.3) is 0 Å². The summed E-state index contributed by atoms with van der Waals surface area (Å²) < 4.78 is 0. The first kappa shape index (κ1) is 17.1. The van der Waals surface area contributed by atoms with E-state index in [0.29, 0.717) is 17.1 Å². The summed E-state index contributed by atoms with van der Waals surface area (Å²) >= 11 is 12.4. The first-order valence-corrected chi connectivity index (χ1v) is 8.55. The monoisotopic (exact) mass is 363 g/mol. The average molecular weight is 364 g/mol. The maximum Gasteiger partial charge on any atom is 0.255 e. The van der Waals surface area contributed by atoms with Crippen molar-refractivity contribution in [3.05, 3.63) is 57.7 Å². The van der Waals surface area contributed by atoms with Gasteiger partial charge in [0.15, 0.2) is 0 Å². The molecule has 1 unspecified atom stereocenters. The Hall–Kier alpha value is -1.78. The molecule has 2 heterocycles. The Balaban J connectivity index is 1.91. The maximum absolute atomic E-state index is 12.9. The van der Waals surface area contributed by atoms with Crippen molar-refractivity contribution in [3.63, 3.8) is 0 Å². The van der Waals surface area contributed by atoms with Crippen LogP contribution < -0.4 is 5.73 Å². The van der Waals surface area contributed by atoms with E-state index in [9.17, 15) is 4.79 Å². The number of anilines is 1. The SMILES string of the molecule is CC1(C)C(c2ccccc2Cl)CCN1C(=O)c1cnc(N)c(Cl)c1. The van der Waals surface area contributed by atoms with E-state index >= 15 is 0 Å². The van der Waals surface area contributed by atoms with Gasteiger partial charge in [-0.05, 0) is 38.0 Å². The zero-order chi connectivity index (χ0) is 17.5. The van der Waals surface area contributed by atoms with Gasteiger partial charge in [-0.2, -0.15) is 0 Å². The predicted molar refractivity (Wildman–Crippen MR) is 97.6 cm³/mol. The lowest BCUT2D eigenvalue weighted by molar-refractivity contribution is 0.0635. The van der Waals surface area contributed by atoms with Crippen LogP contribution in [0.5, 0.6) is 0 Å². The molecule has 1 amide bonds. The zero-order valence-electron chi connectivity index (χ0n) is 13.6. The van der Waals surface area contributed by atoms with Crippen LogP contribution in [0.15, 0.2) is 36.5 Å². The Bertz CT molecular complexity index is 792. The Morgan fingerprint density at radius 1 is 1.29 bits per heavy atom. The van der Waals surface area contributed by atoms with Crippen molar-refractivity contribution >= 4 is 34.9 Å². The zero-order valence-corrected chi connectivity index (χ0v) is 15.1. The number of nitrogens with zero attached hydrogens (tertiary/aromatic N) is 2. The third kappa shape index (κ3) is 2.85. The highest BCUT2D eigenvalue weighted by molar-refractivity contribution is 6.33. The minimum atomic E-state index is -0.365. The second-order valence-corrected chi connectivity index (χ2v) is 7.38. The molecule has 2 N–H and O–H groups in total. The number of hydrogen-bond donors (Lipinski definition) is 1. The molecule has 0 aliphatic carbocycles. The molecule has 6 heteroatoms. The highest BCUT2D eigenvalue weighted by Crippen LogP contribution is 2.44. The molecule has 0 saturated carbocycles. The normalized spacial score (nSPS) is 19.5. The molecule has 1 aromatic heterocycles. The first-order chi connectivity index (χ1) is 11.3. The van der Waals surface area contributed by atoms with Gasteiger partial charge in [-0.15, -0.1) is 0 Å². The molecule has 1 aromatic carbocycles. The van der Waals surface area contributed by atoms with Crippen molar-refractivity contribution in [3.8, 4) is 0 Å². The second-order valence-electron chi connectivity index (χ2n) is 6.56. The van der Waals surface area contributed by atoms with Gasteiger partial charge in [0.2, 0.25) is 0 Å². The van der Waals surface area contributed by atoms with E-state index in [1.807, 2.05) is 29.2 Å².